The third-order valence-corrected chi connectivity index (χ3v) is 7.13. The molecule has 0 aliphatic carbocycles. The van der Waals surface area contributed by atoms with Gasteiger partial charge in [-0.3, -0.25) is 4.79 Å². The van der Waals surface area contributed by atoms with Crippen molar-refractivity contribution in [2.45, 2.75) is 24.7 Å². The van der Waals surface area contributed by atoms with Crippen LogP contribution in [0.2, 0.25) is 10.0 Å². The predicted octanol–water partition coefficient (Wildman–Crippen LogP) is 4.34. The summed E-state index contributed by atoms with van der Waals surface area (Å²) in [7, 11) is -3.63. The molecule has 8 heteroatoms. The monoisotopic (exact) mass is 426 g/mol. The first-order valence-corrected chi connectivity index (χ1v) is 10.8. The minimum absolute atomic E-state index is 0.129. The molecule has 0 saturated carbocycles. The van der Waals surface area contributed by atoms with E-state index in [4.69, 9.17) is 23.2 Å². The number of rotatable bonds is 4. The van der Waals surface area contributed by atoms with Gasteiger partial charge in [-0.2, -0.15) is 4.31 Å². The number of aryl methyl sites for hydroxylation is 1. The Balaban J connectivity index is 1.75. The summed E-state index contributed by atoms with van der Waals surface area (Å²) in [4.78, 5) is 12.9. The standard InChI is InChI=1S/C19H20Cl2N2O3S/c1-13-7-9-15(10-8-13)27(25,26)23-11-3-4-14(12-23)19(24)22-18-16(20)5-2-6-17(18)21/h2,5-10,14H,3-4,11-12H2,1H3,(H,22,24)/t14-/m0/s1. The van der Waals surface area contributed by atoms with Crippen LogP contribution in [0.1, 0.15) is 18.4 Å². The van der Waals surface area contributed by atoms with Crippen molar-refractivity contribution in [1.29, 1.82) is 0 Å². The molecule has 1 atom stereocenters. The summed E-state index contributed by atoms with van der Waals surface area (Å²) in [6, 6.07) is 11.7. The van der Waals surface area contributed by atoms with Crippen molar-refractivity contribution in [2.75, 3.05) is 18.4 Å². The summed E-state index contributed by atoms with van der Waals surface area (Å²) in [5.41, 5.74) is 1.34. The lowest BCUT2D eigenvalue weighted by Crippen LogP contribution is -2.43. The number of carbonyl (C=O) groups excluding carboxylic acids is 1. The van der Waals surface area contributed by atoms with E-state index in [2.05, 4.69) is 5.32 Å². The maximum Gasteiger partial charge on any atom is 0.243 e. The van der Waals surface area contributed by atoms with Crippen LogP contribution >= 0.6 is 23.2 Å². The molecule has 3 rings (SSSR count). The van der Waals surface area contributed by atoms with Gasteiger partial charge in [0.2, 0.25) is 15.9 Å². The van der Waals surface area contributed by atoms with Crippen LogP contribution in [-0.4, -0.2) is 31.7 Å². The van der Waals surface area contributed by atoms with E-state index in [0.29, 0.717) is 35.1 Å². The van der Waals surface area contributed by atoms with Gasteiger partial charge in [-0.1, -0.05) is 47.0 Å². The highest BCUT2D eigenvalue weighted by molar-refractivity contribution is 7.89. The topological polar surface area (TPSA) is 66.5 Å². The molecule has 1 aliphatic heterocycles. The lowest BCUT2D eigenvalue weighted by Gasteiger charge is -2.31. The third-order valence-electron chi connectivity index (χ3n) is 4.62. The average molecular weight is 427 g/mol. The summed E-state index contributed by atoms with van der Waals surface area (Å²) in [6.45, 7) is 2.43. The fourth-order valence-electron chi connectivity index (χ4n) is 3.08. The van der Waals surface area contributed by atoms with E-state index < -0.39 is 15.9 Å². The first-order valence-electron chi connectivity index (χ1n) is 8.61. The Kier molecular flexibility index (Phi) is 6.11. The maximum absolute atomic E-state index is 12.9. The Morgan fingerprint density at radius 1 is 1.11 bits per heavy atom. The van der Waals surface area contributed by atoms with E-state index >= 15 is 0 Å². The largest absolute Gasteiger partial charge is 0.323 e. The van der Waals surface area contributed by atoms with Crippen LogP contribution in [0.25, 0.3) is 0 Å². The van der Waals surface area contributed by atoms with Gasteiger partial charge in [0, 0.05) is 13.1 Å². The van der Waals surface area contributed by atoms with E-state index in [-0.39, 0.29) is 17.3 Å². The van der Waals surface area contributed by atoms with Crippen LogP contribution in [0, 0.1) is 12.8 Å². The Morgan fingerprint density at radius 3 is 2.37 bits per heavy atom. The molecule has 2 aromatic rings. The van der Waals surface area contributed by atoms with Crippen LogP contribution in [0.15, 0.2) is 47.4 Å². The molecule has 5 nitrogen and oxygen atoms in total. The smallest absolute Gasteiger partial charge is 0.243 e. The second kappa shape index (κ2) is 8.19. The zero-order valence-electron chi connectivity index (χ0n) is 14.8. The summed E-state index contributed by atoms with van der Waals surface area (Å²) in [5.74, 6) is -0.750. The molecule has 0 aromatic heterocycles. The van der Waals surface area contributed by atoms with Gasteiger partial charge in [0.25, 0.3) is 0 Å². The molecule has 27 heavy (non-hydrogen) atoms. The molecule has 0 bridgehead atoms. The number of benzene rings is 2. The van der Waals surface area contributed by atoms with Crippen molar-refractivity contribution in [3.63, 3.8) is 0 Å². The van der Waals surface area contributed by atoms with Crippen LogP contribution < -0.4 is 5.32 Å². The number of nitrogens with zero attached hydrogens (tertiary/aromatic N) is 1. The van der Waals surface area contributed by atoms with Crippen molar-refractivity contribution in [3.8, 4) is 0 Å². The number of hydrogen-bond acceptors (Lipinski definition) is 3. The maximum atomic E-state index is 12.9. The number of halogens is 2. The van der Waals surface area contributed by atoms with Crippen LogP contribution in [0.5, 0.6) is 0 Å². The summed E-state index contributed by atoms with van der Waals surface area (Å²) >= 11 is 12.2. The molecule has 1 saturated heterocycles. The van der Waals surface area contributed by atoms with E-state index in [1.165, 1.54) is 4.31 Å². The highest BCUT2D eigenvalue weighted by Crippen LogP contribution is 2.31. The van der Waals surface area contributed by atoms with E-state index in [1.54, 1.807) is 42.5 Å². The van der Waals surface area contributed by atoms with E-state index in [0.717, 1.165) is 5.56 Å². The number of hydrogen-bond donors (Lipinski definition) is 1. The molecule has 0 spiro atoms. The zero-order valence-corrected chi connectivity index (χ0v) is 17.1. The van der Waals surface area contributed by atoms with Gasteiger partial charge < -0.3 is 5.32 Å². The van der Waals surface area contributed by atoms with Crippen molar-refractivity contribution in [3.05, 3.63) is 58.1 Å². The predicted molar refractivity (Wildman–Crippen MR) is 108 cm³/mol. The number of sulfonamides is 1. The summed E-state index contributed by atoms with van der Waals surface area (Å²) in [5, 5.41) is 3.43. The number of piperidine rings is 1. The number of amides is 1. The first-order chi connectivity index (χ1) is 12.8. The summed E-state index contributed by atoms with van der Waals surface area (Å²) in [6.07, 6.45) is 1.22. The Bertz CT molecular complexity index is 926. The normalized spacial score (nSPS) is 18.3. The SMILES string of the molecule is Cc1ccc(S(=O)(=O)N2CCC[C@H](C(=O)Nc3c(Cl)cccc3Cl)C2)cc1. The van der Waals surface area contributed by atoms with Gasteiger partial charge in [0.15, 0.2) is 0 Å². The number of anilines is 1. The molecule has 1 heterocycles. The second-order valence-corrected chi connectivity index (χ2v) is 9.35. The van der Waals surface area contributed by atoms with E-state index in [9.17, 15) is 13.2 Å². The second-order valence-electron chi connectivity index (χ2n) is 6.60. The minimum atomic E-state index is -3.63. The lowest BCUT2D eigenvalue weighted by atomic mass is 9.98. The molecular formula is C19H20Cl2N2O3S. The van der Waals surface area contributed by atoms with E-state index in [1.807, 2.05) is 6.92 Å². The average Bonchev–Trinajstić information content (AvgIpc) is 2.65. The van der Waals surface area contributed by atoms with Crippen LogP contribution in [0.3, 0.4) is 0 Å². The van der Waals surface area contributed by atoms with Crippen LogP contribution in [-0.2, 0) is 14.8 Å². The fourth-order valence-corrected chi connectivity index (χ4v) is 5.09. The number of carbonyl (C=O) groups is 1. The summed E-state index contributed by atoms with van der Waals surface area (Å²) < 4.78 is 27.1. The molecule has 0 radical (unpaired) electrons. The van der Waals surface area contributed by atoms with Gasteiger partial charge in [-0.25, -0.2) is 8.42 Å². The fraction of sp³-hybridized carbons (Fsp3) is 0.316. The molecule has 144 valence electrons. The Morgan fingerprint density at radius 2 is 1.74 bits per heavy atom. The molecule has 1 amide bonds. The van der Waals surface area contributed by atoms with Crippen molar-refractivity contribution < 1.29 is 13.2 Å². The van der Waals surface area contributed by atoms with Crippen molar-refractivity contribution >= 4 is 44.8 Å². The number of nitrogens with one attached hydrogen (secondary N) is 1. The number of para-hydroxylation sites is 1. The van der Waals surface area contributed by atoms with Gasteiger partial charge >= 0.3 is 0 Å². The van der Waals surface area contributed by atoms with Crippen LogP contribution in [0.4, 0.5) is 5.69 Å². The Labute approximate surface area is 169 Å². The highest BCUT2D eigenvalue weighted by atomic mass is 35.5. The molecule has 1 fully saturated rings. The van der Waals surface area contributed by atoms with Gasteiger partial charge in [0.05, 0.1) is 26.5 Å². The third kappa shape index (κ3) is 4.46. The molecule has 1 aliphatic rings. The molecule has 0 unspecified atom stereocenters. The van der Waals surface area contributed by atoms with Crippen molar-refractivity contribution in [2.24, 2.45) is 5.92 Å². The highest BCUT2D eigenvalue weighted by Gasteiger charge is 2.33. The van der Waals surface area contributed by atoms with Gasteiger partial charge in [-0.15, -0.1) is 0 Å². The molecule has 2 aromatic carbocycles. The van der Waals surface area contributed by atoms with Gasteiger partial charge in [-0.05, 0) is 44.0 Å². The first kappa shape index (κ1) is 20.1. The Hall–Kier alpha value is -1.60. The van der Waals surface area contributed by atoms with Crippen molar-refractivity contribution in [1.82, 2.24) is 4.31 Å². The molecule has 1 N–H and O–H groups in total. The zero-order chi connectivity index (χ0) is 19.6. The lowest BCUT2D eigenvalue weighted by molar-refractivity contribution is -0.120. The van der Waals surface area contributed by atoms with Gasteiger partial charge in [0.1, 0.15) is 0 Å². The minimum Gasteiger partial charge on any atom is -0.323 e. The quantitative estimate of drug-likeness (QED) is 0.790. The molecular weight excluding hydrogens is 407 g/mol.